The van der Waals surface area contributed by atoms with E-state index in [2.05, 4.69) is 10.3 Å². The monoisotopic (exact) mass is 294 g/mol. The summed E-state index contributed by atoms with van der Waals surface area (Å²) < 4.78 is 0. The van der Waals surface area contributed by atoms with Crippen molar-refractivity contribution in [2.75, 3.05) is 0 Å². The molecule has 0 radical (unpaired) electrons. The number of carbonyl (C=O) groups excluding carboxylic acids is 1. The maximum Gasteiger partial charge on any atom is 0.224 e. The largest absolute Gasteiger partial charge is 0.351 e. The van der Waals surface area contributed by atoms with Crippen molar-refractivity contribution in [3.63, 3.8) is 0 Å². The zero-order valence-electron chi connectivity index (χ0n) is 10.9. The highest BCUT2D eigenvalue weighted by Crippen LogP contribution is 2.17. The summed E-state index contributed by atoms with van der Waals surface area (Å²) in [5.41, 5.74) is 1.83. The number of hydrogen-bond acceptors (Lipinski definition) is 3. The van der Waals surface area contributed by atoms with E-state index < -0.39 is 0 Å². The van der Waals surface area contributed by atoms with Crippen LogP contribution in [0.3, 0.4) is 0 Å². The summed E-state index contributed by atoms with van der Waals surface area (Å²) in [4.78, 5) is 17.3. The average molecular weight is 295 g/mol. The Morgan fingerprint density at radius 2 is 2.11 bits per heavy atom. The Morgan fingerprint density at radius 1 is 1.37 bits per heavy atom. The molecule has 1 amide bonds. The third kappa shape index (κ3) is 3.78. The highest BCUT2D eigenvalue weighted by molar-refractivity contribution is 7.11. The molecule has 0 saturated heterocycles. The van der Waals surface area contributed by atoms with E-state index in [0.29, 0.717) is 18.0 Å². The fourth-order valence-electron chi connectivity index (χ4n) is 1.79. The molecule has 1 heterocycles. The molecule has 0 aliphatic heterocycles. The van der Waals surface area contributed by atoms with E-state index in [-0.39, 0.29) is 5.91 Å². The maximum absolute atomic E-state index is 11.9. The predicted octanol–water partition coefficient (Wildman–Crippen LogP) is 3.27. The van der Waals surface area contributed by atoms with Gasteiger partial charge < -0.3 is 5.32 Å². The lowest BCUT2D eigenvalue weighted by Gasteiger charge is -2.05. The van der Waals surface area contributed by atoms with Crippen molar-refractivity contribution in [3.05, 3.63) is 50.4 Å². The fraction of sp³-hybridized carbons (Fsp3) is 0.286. The molecular weight excluding hydrogens is 280 g/mol. The van der Waals surface area contributed by atoms with Gasteiger partial charge in [0.05, 0.1) is 23.7 Å². The van der Waals surface area contributed by atoms with Gasteiger partial charge in [-0.05, 0) is 25.5 Å². The van der Waals surface area contributed by atoms with Gasteiger partial charge in [0.2, 0.25) is 5.91 Å². The van der Waals surface area contributed by atoms with Gasteiger partial charge in [-0.15, -0.1) is 11.3 Å². The lowest BCUT2D eigenvalue weighted by molar-refractivity contribution is -0.120. The van der Waals surface area contributed by atoms with Gasteiger partial charge in [-0.2, -0.15) is 0 Å². The molecular formula is C14H15ClN2OS. The Morgan fingerprint density at radius 3 is 2.74 bits per heavy atom. The normalized spacial score (nSPS) is 10.5. The molecule has 0 saturated carbocycles. The Kier molecular flexibility index (Phi) is 4.56. The molecule has 2 rings (SSSR count). The third-order valence-corrected chi connectivity index (χ3v) is 4.20. The Bertz CT molecular complexity index is 595. The zero-order chi connectivity index (χ0) is 13.8. The molecule has 0 unspecified atom stereocenters. The molecule has 0 atom stereocenters. The van der Waals surface area contributed by atoms with Gasteiger partial charge in [-0.3, -0.25) is 4.79 Å². The Hall–Kier alpha value is -1.39. The van der Waals surface area contributed by atoms with Crippen LogP contribution in [0.4, 0.5) is 0 Å². The quantitative estimate of drug-likeness (QED) is 0.940. The molecule has 0 spiro atoms. The highest BCUT2D eigenvalue weighted by atomic mass is 35.5. The number of thiazole rings is 1. The molecule has 0 fully saturated rings. The van der Waals surface area contributed by atoms with E-state index in [0.717, 1.165) is 21.1 Å². The van der Waals surface area contributed by atoms with Crippen LogP contribution in [0.5, 0.6) is 0 Å². The smallest absolute Gasteiger partial charge is 0.224 e. The summed E-state index contributed by atoms with van der Waals surface area (Å²) in [7, 11) is 0. The van der Waals surface area contributed by atoms with E-state index in [1.165, 1.54) is 0 Å². The molecule has 1 aromatic carbocycles. The van der Waals surface area contributed by atoms with Gasteiger partial charge in [0, 0.05) is 9.90 Å². The average Bonchev–Trinajstić information content (AvgIpc) is 2.68. The van der Waals surface area contributed by atoms with Crippen LogP contribution in [0.25, 0.3) is 0 Å². The zero-order valence-corrected chi connectivity index (χ0v) is 12.4. The highest BCUT2D eigenvalue weighted by Gasteiger charge is 2.09. The van der Waals surface area contributed by atoms with Gasteiger partial charge in [0.25, 0.3) is 0 Å². The number of nitrogens with one attached hydrogen (secondary N) is 1. The minimum Gasteiger partial charge on any atom is -0.351 e. The number of aryl methyl sites for hydroxylation is 2. The molecule has 100 valence electrons. The molecule has 2 aromatic rings. The van der Waals surface area contributed by atoms with Crippen LogP contribution in [0, 0.1) is 13.8 Å². The first kappa shape index (κ1) is 14.0. The second-order valence-electron chi connectivity index (χ2n) is 4.29. The van der Waals surface area contributed by atoms with Gasteiger partial charge in [-0.25, -0.2) is 4.98 Å². The lowest BCUT2D eigenvalue weighted by Crippen LogP contribution is -2.24. The molecule has 5 heteroatoms. The summed E-state index contributed by atoms with van der Waals surface area (Å²) in [6.45, 7) is 4.45. The number of amides is 1. The lowest BCUT2D eigenvalue weighted by atomic mass is 10.1. The number of hydrogen-bond donors (Lipinski definition) is 1. The molecule has 1 aromatic heterocycles. The summed E-state index contributed by atoms with van der Waals surface area (Å²) in [6, 6.07) is 7.39. The number of benzene rings is 1. The van der Waals surface area contributed by atoms with E-state index in [1.807, 2.05) is 32.0 Å². The van der Waals surface area contributed by atoms with Crippen molar-refractivity contribution in [1.82, 2.24) is 10.3 Å². The first-order valence-electron chi connectivity index (χ1n) is 5.99. The second-order valence-corrected chi connectivity index (χ2v) is 5.98. The molecule has 1 N–H and O–H groups in total. The summed E-state index contributed by atoms with van der Waals surface area (Å²) in [5.74, 6) is -0.0291. The van der Waals surface area contributed by atoms with Gasteiger partial charge in [0.1, 0.15) is 0 Å². The number of carbonyl (C=O) groups is 1. The molecule has 19 heavy (non-hydrogen) atoms. The fourth-order valence-corrected chi connectivity index (χ4v) is 2.87. The second kappa shape index (κ2) is 6.17. The summed E-state index contributed by atoms with van der Waals surface area (Å²) >= 11 is 7.64. The van der Waals surface area contributed by atoms with Crippen molar-refractivity contribution in [1.29, 1.82) is 0 Å². The Balaban J connectivity index is 1.92. The van der Waals surface area contributed by atoms with E-state index in [1.54, 1.807) is 17.4 Å². The first-order valence-corrected chi connectivity index (χ1v) is 7.18. The van der Waals surface area contributed by atoms with E-state index in [4.69, 9.17) is 11.6 Å². The maximum atomic E-state index is 11.9. The van der Waals surface area contributed by atoms with Gasteiger partial charge >= 0.3 is 0 Å². The van der Waals surface area contributed by atoms with Crippen molar-refractivity contribution < 1.29 is 4.79 Å². The summed E-state index contributed by atoms with van der Waals surface area (Å²) in [6.07, 6.45) is 0.302. The van der Waals surface area contributed by atoms with Crippen molar-refractivity contribution in [3.8, 4) is 0 Å². The molecule has 0 bridgehead atoms. The Labute approximate surface area is 121 Å². The molecule has 3 nitrogen and oxygen atoms in total. The van der Waals surface area contributed by atoms with Gasteiger partial charge in [0.15, 0.2) is 0 Å². The van der Waals surface area contributed by atoms with Gasteiger partial charge in [-0.1, -0.05) is 29.8 Å². The number of aromatic nitrogens is 1. The minimum atomic E-state index is -0.0291. The molecule has 0 aliphatic rings. The minimum absolute atomic E-state index is 0.0291. The number of nitrogens with zero attached hydrogens (tertiary/aromatic N) is 1. The topological polar surface area (TPSA) is 42.0 Å². The first-order chi connectivity index (χ1) is 9.06. The van der Waals surface area contributed by atoms with Crippen LogP contribution >= 0.6 is 22.9 Å². The predicted molar refractivity (Wildman–Crippen MR) is 78.6 cm³/mol. The van der Waals surface area contributed by atoms with Crippen LogP contribution in [-0.4, -0.2) is 10.9 Å². The van der Waals surface area contributed by atoms with Crippen molar-refractivity contribution >= 4 is 28.8 Å². The van der Waals surface area contributed by atoms with E-state index >= 15 is 0 Å². The van der Waals surface area contributed by atoms with Crippen LogP contribution in [0.1, 0.15) is 21.1 Å². The van der Waals surface area contributed by atoms with Crippen molar-refractivity contribution in [2.24, 2.45) is 0 Å². The van der Waals surface area contributed by atoms with Crippen LogP contribution in [0.2, 0.25) is 5.02 Å². The van der Waals surface area contributed by atoms with Crippen LogP contribution in [0.15, 0.2) is 24.3 Å². The van der Waals surface area contributed by atoms with Crippen LogP contribution in [-0.2, 0) is 17.8 Å². The number of rotatable bonds is 4. The third-order valence-electron chi connectivity index (χ3n) is 2.75. The van der Waals surface area contributed by atoms with E-state index in [9.17, 15) is 4.79 Å². The molecule has 0 aliphatic carbocycles. The van der Waals surface area contributed by atoms with Crippen LogP contribution < -0.4 is 5.32 Å². The van der Waals surface area contributed by atoms with Crippen molar-refractivity contribution in [2.45, 2.75) is 26.8 Å². The summed E-state index contributed by atoms with van der Waals surface area (Å²) in [5, 5.41) is 4.55. The number of halogens is 1. The SMILES string of the molecule is Cc1nc(C)c(CNC(=O)Cc2ccccc2Cl)s1. The standard InChI is InChI=1S/C14H15ClN2OS/c1-9-13(19-10(2)17-9)8-16-14(18)7-11-5-3-4-6-12(11)15/h3-6H,7-8H2,1-2H3,(H,16,18).